The predicted molar refractivity (Wildman–Crippen MR) is 109 cm³/mol. The van der Waals surface area contributed by atoms with E-state index in [1.807, 2.05) is 18.3 Å². The summed E-state index contributed by atoms with van der Waals surface area (Å²) in [6.45, 7) is 4.67. The Kier molecular flexibility index (Phi) is 4.67. The highest BCUT2D eigenvalue weighted by atomic mass is 79.9. The Labute approximate surface area is 168 Å². The maximum Gasteiger partial charge on any atom is 0.128 e. The van der Waals surface area contributed by atoms with Gasteiger partial charge in [-0.05, 0) is 71.8 Å². The highest BCUT2D eigenvalue weighted by Gasteiger charge is 2.48. The molecule has 0 saturated heterocycles. The molecule has 2 aromatic rings. The van der Waals surface area contributed by atoms with Gasteiger partial charge in [-0.1, -0.05) is 6.07 Å². The molecule has 0 bridgehead atoms. The normalized spacial score (nSPS) is 23.7. The summed E-state index contributed by atoms with van der Waals surface area (Å²) in [4.78, 5) is 6.72. The first kappa shape index (κ1) is 18.7. The summed E-state index contributed by atoms with van der Waals surface area (Å²) < 4.78 is 21.2. The molecule has 1 aromatic carbocycles. The van der Waals surface area contributed by atoms with Crippen molar-refractivity contribution in [1.82, 2.24) is 9.88 Å². The van der Waals surface area contributed by atoms with Crippen LogP contribution in [-0.4, -0.2) is 35.2 Å². The van der Waals surface area contributed by atoms with E-state index in [1.165, 1.54) is 11.1 Å². The number of rotatable bonds is 4. The van der Waals surface area contributed by atoms with E-state index >= 15 is 0 Å². The number of aromatic nitrogens is 1. The zero-order valence-corrected chi connectivity index (χ0v) is 17.5. The number of alkyl halides is 1. The minimum absolute atomic E-state index is 0.105. The topological polar surface area (TPSA) is 51.4 Å². The Hall–Kier alpha value is -1.66. The fraction of sp³-hybridized carbons (Fsp3) is 0.476. The fourth-order valence-corrected chi connectivity index (χ4v) is 4.50. The summed E-state index contributed by atoms with van der Waals surface area (Å²) in [6, 6.07) is 6.01. The molecule has 4 nitrogen and oxygen atoms in total. The number of fused-ring (bicyclic) bond motifs is 1. The Bertz CT molecular complexity index is 884. The largest absolute Gasteiger partial charge is 0.496 e. The van der Waals surface area contributed by atoms with Crippen LogP contribution < -0.4 is 10.5 Å². The van der Waals surface area contributed by atoms with Crippen molar-refractivity contribution in [1.29, 1.82) is 0 Å². The number of benzene rings is 1. The number of halogens is 2. The second-order valence-electron chi connectivity index (χ2n) is 7.88. The van der Waals surface area contributed by atoms with Gasteiger partial charge in [0.25, 0.3) is 0 Å². The van der Waals surface area contributed by atoms with Crippen molar-refractivity contribution in [3.05, 3.63) is 51.3 Å². The van der Waals surface area contributed by atoms with E-state index in [9.17, 15) is 4.39 Å². The van der Waals surface area contributed by atoms with Gasteiger partial charge in [-0.2, -0.15) is 0 Å². The standard InChI is InChI=1S/C21H25BrFN3O/c1-12-8-15-13(2)17(24)5-4-14(15)20(26(12)11-21(23)6-7-21)16-10-25-19(22)9-18(16)27-3/h4-5,9-10,12,20H,6-8,11,24H2,1-3H3/t12-,20+/m1/s1. The Morgan fingerprint density at radius 3 is 2.78 bits per heavy atom. The lowest BCUT2D eigenvalue weighted by Crippen LogP contribution is -2.46. The number of nitrogens with two attached hydrogens (primary N) is 1. The lowest BCUT2D eigenvalue weighted by atomic mass is 9.82. The first-order valence-electron chi connectivity index (χ1n) is 9.35. The van der Waals surface area contributed by atoms with Gasteiger partial charge < -0.3 is 10.5 Å². The highest BCUT2D eigenvalue weighted by Crippen LogP contribution is 2.48. The number of pyridine rings is 1. The monoisotopic (exact) mass is 433 g/mol. The van der Waals surface area contributed by atoms with E-state index in [0.29, 0.717) is 19.4 Å². The average Bonchev–Trinajstić information content (AvgIpc) is 3.37. The van der Waals surface area contributed by atoms with E-state index in [4.69, 9.17) is 10.5 Å². The fourth-order valence-electron chi connectivity index (χ4n) is 4.19. The molecule has 6 heteroatoms. The van der Waals surface area contributed by atoms with Gasteiger partial charge in [-0.15, -0.1) is 0 Å². The van der Waals surface area contributed by atoms with Crippen molar-refractivity contribution in [2.45, 2.75) is 50.9 Å². The molecule has 1 aromatic heterocycles. The van der Waals surface area contributed by atoms with E-state index in [2.05, 4.69) is 45.7 Å². The second kappa shape index (κ2) is 6.74. The molecule has 144 valence electrons. The van der Waals surface area contributed by atoms with Gasteiger partial charge in [0.15, 0.2) is 0 Å². The van der Waals surface area contributed by atoms with Crippen molar-refractivity contribution >= 4 is 21.6 Å². The van der Waals surface area contributed by atoms with Crippen LogP contribution in [0.4, 0.5) is 10.1 Å². The van der Waals surface area contributed by atoms with Crippen LogP contribution in [0.2, 0.25) is 0 Å². The van der Waals surface area contributed by atoms with Crippen LogP contribution in [0.3, 0.4) is 0 Å². The summed E-state index contributed by atoms with van der Waals surface area (Å²) in [5.41, 5.74) is 10.4. The number of methoxy groups -OCH3 is 1. The van der Waals surface area contributed by atoms with E-state index < -0.39 is 5.67 Å². The van der Waals surface area contributed by atoms with Gasteiger partial charge in [-0.25, -0.2) is 9.37 Å². The summed E-state index contributed by atoms with van der Waals surface area (Å²) in [6.07, 6.45) is 4.00. The summed E-state index contributed by atoms with van der Waals surface area (Å²) in [5, 5.41) is 0. The van der Waals surface area contributed by atoms with Gasteiger partial charge in [0.2, 0.25) is 0 Å². The maximum absolute atomic E-state index is 14.8. The SMILES string of the molecule is COc1cc(Br)ncc1[C@@H]1c2ccc(N)c(C)c2C[C@@H](C)N1CC1(F)CC1. The van der Waals surface area contributed by atoms with Crippen LogP contribution in [0.1, 0.15) is 48.1 Å². The van der Waals surface area contributed by atoms with Crippen molar-refractivity contribution in [2.75, 3.05) is 19.4 Å². The summed E-state index contributed by atoms with van der Waals surface area (Å²) >= 11 is 3.42. The lowest BCUT2D eigenvalue weighted by Gasteiger charge is -2.43. The number of nitrogens with zero attached hydrogens (tertiary/aromatic N) is 2. The molecule has 4 rings (SSSR count). The average molecular weight is 434 g/mol. The molecule has 1 aliphatic heterocycles. The van der Waals surface area contributed by atoms with E-state index in [1.54, 1.807) is 7.11 Å². The number of hydrogen-bond acceptors (Lipinski definition) is 4. The summed E-state index contributed by atoms with van der Waals surface area (Å²) in [7, 11) is 1.66. The van der Waals surface area contributed by atoms with Crippen molar-refractivity contribution in [3.8, 4) is 5.75 Å². The van der Waals surface area contributed by atoms with Gasteiger partial charge in [0, 0.05) is 36.1 Å². The maximum atomic E-state index is 14.8. The first-order chi connectivity index (χ1) is 12.8. The van der Waals surface area contributed by atoms with Crippen LogP contribution in [-0.2, 0) is 6.42 Å². The molecule has 0 spiro atoms. The lowest BCUT2D eigenvalue weighted by molar-refractivity contribution is 0.0966. The number of nitrogen functional groups attached to an aromatic ring is 1. The molecular weight excluding hydrogens is 409 g/mol. The second-order valence-corrected chi connectivity index (χ2v) is 8.69. The highest BCUT2D eigenvalue weighted by molar-refractivity contribution is 9.10. The Morgan fingerprint density at radius 1 is 1.37 bits per heavy atom. The van der Waals surface area contributed by atoms with Crippen LogP contribution >= 0.6 is 15.9 Å². The van der Waals surface area contributed by atoms with E-state index in [0.717, 1.165) is 33.6 Å². The third-order valence-corrected chi connectivity index (χ3v) is 6.44. The number of hydrogen-bond donors (Lipinski definition) is 1. The zero-order valence-electron chi connectivity index (χ0n) is 15.9. The van der Waals surface area contributed by atoms with Gasteiger partial charge in [0.05, 0.1) is 13.2 Å². The first-order valence-corrected chi connectivity index (χ1v) is 10.1. The van der Waals surface area contributed by atoms with Crippen molar-refractivity contribution in [2.24, 2.45) is 0 Å². The van der Waals surface area contributed by atoms with Crippen LogP contribution in [0.15, 0.2) is 29.0 Å². The number of anilines is 1. The quantitative estimate of drug-likeness (QED) is 0.566. The number of ether oxygens (including phenoxy) is 1. The Morgan fingerprint density at radius 2 is 2.11 bits per heavy atom. The molecule has 2 heterocycles. The molecule has 1 aliphatic carbocycles. The van der Waals surface area contributed by atoms with Crippen LogP contribution in [0.25, 0.3) is 0 Å². The summed E-state index contributed by atoms with van der Waals surface area (Å²) in [5.74, 6) is 0.755. The molecule has 2 atom stereocenters. The molecule has 1 saturated carbocycles. The van der Waals surface area contributed by atoms with Crippen LogP contribution in [0, 0.1) is 6.92 Å². The van der Waals surface area contributed by atoms with Gasteiger partial charge in [-0.3, -0.25) is 4.90 Å². The minimum Gasteiger partial charge on any atom is -0.496 e. The minimum atomic E-state index is -1.07. The van der Waals surface area contributed by atoms with Crippen molar-refractivity contribution < 1.29 is 9.13 Å². The third-order valence-electron chi connectivity index (χ3n) is 6.00. The van der Waals surface area contributed by atoms with Crippen molar-refractivity contribution in [3.63, 3.8) is 0 Å². The molecule has 27 heavy (non-hydrogen) atoms. The van der Waals surface area contributed by atoms with Gasteiger partial charge in [0.1, 0.15) is 16.0 Å². The van der Waals surface area contributed by atoms with E-state index in [-0.39, 0.29) is 12.1 Å². The van der Waals surface area contributed by atoms with Gasteiger partial charge >= 0.3 is 0 Å². The van der Waals surface area contributed by atoms with Crippen LogP contribution in [0.5, 0.6) is 5.75 Å². The molecule has 2 aliphatic rings. The molecular formula is C21H25BrFN3O. The molecule has 0 radical (unpaired) electrons. The molecule has 0 unspecified atom stereocenters. The molecule has 2 N–H and O–H groups in total. The smallest absolute Gasteiger partial charge is 0.128 e. The predicted octanol–water partition coefficient (Wildman–Crippen LogP) is 4.58. The molecule has 0 amide bonds. The Balaban J connectivity index is 1.89. The zero-order chi connectivity index (χ0) is 19.3. The third kappa shape index (κ3) is 3.34. The molecule has 1 fully saturated rings.